The van der Waals surface area contributed by atoms with E-state index in [4.69, 9.17) is 10.6 Å². The first-order valence-electron chi connectivity index (χ1n) is 8.74. The Hall–Kier alpha value is -2.49. The number of hydroxylamine groups is 1. The van der Waals surface area contributed by atoms with Crippen LogP contribution in [0.2, 0.25) is 0 Å². The topological polar surface area (TPSA) is 92.9 Å². The number of carbonyl (C=O) groups is 1. The van der Waals surface area contributed by atoms with E-state index in [0.29, 0.717) is 25.1 Å². The second-order valence-corrected chi connectivity index (χ2v) is 8.38. The van der Waals surface area contributed by atoms with Gasteiger partial charge in [0.15, 0.2) is 0 Å². The molecule has 1 fully saturated rings. The number of benzene rings is 2. The highest BCUT2D eigenvalue weighted by Crippen LogP contribution is 2.29. The summed E-state index contributed by atoms with van der Waals surface area (Å²) in [4.78, 5) is 18.7. The average molecular weight is 407 g/mol. The minimum atomic E-state index is -4.11. The van der Waals surface area contributed by atoms with Gasteiger partial charge in [-0.05, 0) is 49.2 Å². The quantitative estimate of drug-likeness (QED) is 0.740. The lowest BCUT2D eigenvalue weighted by Gasteiger charge is -2.27. The Morgan fingerprint density at radius 3 is 2.64 bits per heavy atom. The van der Waals surface area contributed by atoms with E-state index in [2.05, 4.69) is 0 Å². The molecule has 0 saturated carbocycles. The van der Waals surface area contributed by atoms with Gasteiger partial charge in [0.25, 0.3) is 10.0 Å². The monoisotopic (exact) mass is 407 g/mol. The molecule has 2 aromatic rings. The number of nitrogens with two attached hydrogens (primary N) is 1. The molecule has 2 aromatic carbocycles. The van der Waals surface area contributed by atoms with Crippen LogP contribution >= 0.6 is 0 Å². The number of anilines is 1. The third kappa shape index (κ3) is 3.73. The molecule has 1 unspecified atom stereocenters. The molecule has 28 heavy (non-hydrogen) atoms. The molecule has 2 N–H and O–H groups in total. The van der Waals surface area contributed by atoms with E-state index in [0.717, 1.165) is 10.2 Å². The number of amides is 1. The van der Waals surface area contributed by atoms with Crippen molar-refractivity contribution in [3.8, 4) is 0 Å². The zero-order chi connectivity index (χ0) is 20.5. The van der Waals surface area contributed by atoms with E-state index in [1.165, 1.54) is 31.4 Å². The van der Waals surface area contributed by atoms with E-state index in [9.17, 15) is 17.6 Å². The lowest BCUT2D eigenvalue weighted by molar-refractivity contribution is -0.0748. The van der Waals surface area contributed by atoms with Gasteiger partial charge in [-0.25, -0.2) is 12.8 Å². The average Bonchev–Trinajstić information content (AvgIpc) is 3.14. The summed E-state index contributed by atoms with van der Waals surface area (Å²) in [7, 11) is -2.83. The molecule has 0 spiro atoms. The Labute approximate surface area is 163 Å². The van der Waals surface area contributed by atoms with Gasteiger partial charge in [0.1, 0.15) is 5.82 Å². The van der Waals surface area contributed by atoms with Crippen LogP contribution in [0.1, 0.15) is 22.3 Å². The molecule has 3 rings (SSSR count). The summed E-state index contributed by atoms with van der Waals surface area (Å²) >= 11 is 0. The highest BCUT2D eigenvalue weighted by molar-refractivity contribution is 7.89. The third-order valence-electron chi connectivity index (χ3n) is 4.82. The maximum atomic E-state index is 13.5. The van der Waals surface area contributed by atoms with Crippen LogP contribution in [0.5, 0.6) is 0 Å². The predicted octanol–water partition coefficient (Wildman–Crippen LogP) is 2.06. The van der Waals surface area contributed by atoms with Gasteiger partial charge in [0, 0.05) is 18.8 Å². The summed E-state index contributed by atoms with van der Waals surface area (Å²) in [5.74, 6) is -1.12. The van der Waals surface area contributed by atoms with Crippen molar-refractivity contribution in [3.05, 3.63) is 59.4 Å². The van der Waals surface area contributed by atoms with Crippen LogP contribution in [0.25, 0.3) is 0 Å². The number of hydrogen-bond acceptors (Lipinski definition) is 5. The first-order chi connectivity index (χ1) is 13.3. The molecule has 1 aliphatic rings. The second-order valence-electron chi connectivity index (χ2n) is 6.63. The summed E-state index contributed by atoms with van der Waals surface area (Å²) in [5.41, 5.74) is 6.57. The van der Waals surface area contributed by atoms with Crippen LogP contribution in [-0.4, -0.2) is 45.0 Å². The van der Waals surface area contributed by atoms with Crippen LogP contribution < -0.4 is 10.6 Å². The molecule has 0 aliphatic carbocycles. The Balaban J connectivity index is 1.88. The third-order valence-corrected chi connectivity index (χ3v) is 6.65. The van der Waals surface area contributed by atoms with Crippen LogP contribution in [-0.2, 0) is 14.9 Å². The van der Waals surface area contributed by atoms with Gasteiger partial charge in [-0.15, -0.1) is 0 Å². The first-order valence-corrected chi connectivity index (χ1v) is 10.2. The van der Waals surface area contributed by atoms with Crippen molar-refractivity contribution in [2.75, 3.05) is 25.1 Å². The van der Waals surface area contributed by atoms with Gasteiger partial charge in [0.05, 0.1) is 23.6 Å². The molecule has 1 heterocycles. The summed E-state index contributed by atoms with van der Waals surface area (Å²) in [5, 5.41) is 0. The summed E-state index contributed by atoms with van der Waals surface area (Å²) < 4.78 is 40.7. The van der Waals surface area contributed by atoms with E-state index in [1.54, 1.807) is 25.1 Å². The smallest absolute Gasteiger partial charge is 0.266 e. The van der Waals surface area contributed by atoms with E-state index in [-0.39, 0.29) is 16.3 Å². The largest absolute Gasteiger partial charge is 0.370 e. The number of rotatable bonds is 6. The molecule has 9 heteroatoms. The number of primary amides is 1. The van der Waals surface area contributed by atoms with Crippen LogP contribution in [0.3, 0.4) is 0 Å². The van der Waals surface area contributed by atoms with Crippen molar-refractivity contribution in [2.24, 2.45) is 5.73 Å². The number of halogens is 1. The summed E-state index contributed by atoms with van der Waals surface area (Å²) in [6.45, 7) is 2.64. The molecule has 0 bridgehead atoms. The van der Waals surface area contributed by atoms with Crippen molar-refractivity contribution in [2.45, 2.75) is 24.3 Å². The van der Waals surface area contributed by atoms with Crippen molar-refractivity contribution in [1.29, 1.82) is 0 Å². The molecule has 1 saturated heterocycles. The lowest BCUT2D eigenvalue weighted by atomic mass is 10.2. The zero-order valence-corrected chi connectivity index (χ0v) is 16.4. The predicted molar refractivity (Wildman–Crippen MR) is 103 cm³/mol. The van der Waals surface area contributed by atoms with E-state index < -0.39 is 22.0 Å². The van der Waals surface area contributed by atoms with E-state index in [1.807, 2.05) is 4.90 Å². The first kappa shape index (κ1) is 20.2. The molecule has 150 valence electrons. The Morgan fingerprint density at radius 2 is 2.00 bits per heavy atom. The van der Waals surface area contributed by atoms with Gasteiger partial charge in [-0.1, -0.05) is 16.6 Å². The highest BCUT2D eigenvalue weighted by Gasteiger charge is 2.38. The molecule has 1 atom stereocenters. The molecular formula is C19H22FN3O4S. The van der Waals surface area contributed by atoms with Crippen molar-refractivity contribution in [3.63, 3.8) is 0 Å². The van der Waals surface area contributed by atoms with Crippen molar-refractivity contribution >= 4 is 21.6 Å². The molecule has 7 nitrogen and oxygen atoms in total. The number of sulfonamides is 1. The Bertz CT molecular complexity index is 996. The number of hydrogen-bond donors (Lipinski definition) is 1. The van der Waals surface area contributed by atoms with Crippen LogP contribution in [0, 0.1) is 12.7 Å². The minimum absolute atomic E-state index is 0.0893. The van der Waals surface area contributed by atoms with Crippen LogP contribution in [0.4, 0.5) is 10.1 Å². The SMILES string of the molecule is CON(C1CCN(c2ccc(F)c(C)c2)C1)S(=O)(=O)c1ccccc1C(N)=O. The van der Waals surface area contributed by atoms with Gasteiger partial charge in [-0.2, -0.15) is 0 Å². The summed E-state index contributed by atoms with van der Waals surface area (Å²) in [6, 6.07) is 10.1. The maximum Gasteiger partial charge on any atom is 0.266 e. The van der Waals surface area contributed by atoms with Crippen LogP contribution in [0.15, 0.2) is 47.4 Å². The number of nitrogens with zero attached hydrogens (tertiary/aromatic N) is 2. The lowest BCUT2D eigenvalue weighted by Crippen LogP contribution is -2.41. The van der Waals surface area contributed by atoms with Gasteiger partial charge in [-0.3, -0.25) is 9.63 Å². The van der Waals surface area contributed by atoms with Crippen molar-refractivity contribution < 1.29 is 22.4 Å². The fourth-order valence-corrected chi connectivity index (χ4v) is 5.06. The van der Waals surface area contributed by atoms with Gasteiger partial charge < -0.3 is 10.6 Å². The fourth-order valence-electron chi connectivity index (χ4n) is 3.41. The molecule has 0 aromatic heterocycles. The number of carbonyl (C=O) groups excluding carboxylic acids is 1. The number of aryl methyl sites for hydroxylation is 1. The second kappa shape index (κ2) is 7.86. The fraction of sp³-hybridized carbons (Fsp3) is 0.316. The standard InChI is InChI=1S/C19H22FN3O4S/c1-13-11-14(7-8-17(13)20)22-10-9-15(12-22)23(27-2)28(25,26)18-6-4-3-5-16(18)19(21)24/h3-8,11,15H,9-10,12H2,1-2H3,(H2,21,24). The highest BCUT2D eigenvalue weighted by atomic mass is 32.2. The molecule has 1 amide bonds. The Morgan fingerprint density at radius 1 is 1.29 bits per heavy atom. The molecule has 1 aliphatic heterocycles. The summed E-state index contributed by atoms with van der Waals surface area (Å²) in [6.07, 6.45) is 0.516. The minimum Gasteiger partial charge on any atom is -0.370 e. The van der Waals surface area contributed by atoms with Crippen molar-refractivity contribution in [1.82, 2.24) is 4.47 Å². The zero-order valence-electron chi connectivity index (χ0n) is 15.6. The van der Waals surface area contributed by atoms with Gasteiger partial charge in [0.2, 0.25) is 5.91 Å². The Kier molecular flexibility index (Phi) is 5.69. The van der Waals surface area contributed by atoms with Gasteiger partial charge >= 0.3 is 0 Å². The molecule has 0 radical (unpaired) electrons. The maximum absolute atomic E-state index is 13.5. The van der Waals surface area contributed by atoms with E-state index >= 15 is 0 Å². The normalized spacial score (nSPS) is 17.3. The molecular weight excluding hydrogens is 385 g/mol.